The van der Waals surface area contributed by atoms with Crippen molar-refractivity contribution in [2.45, 2.75) is 17.6 Å². The molecule has 0 aromatic heterocycles. The molecule has 0 bridgehead atoms. The highest BCUT2D eigenvalue weighted by molar-refractivity contribution is 9.09. The summed E-state index contributed by atoms with van der Waals surface area (Å²) in [6.45, 7) is 0.206. The largest absolute Gasteiger partial charge is 0.489 e. The van der Waals surface area contributed by atoms with E-state index >= 15 is 0 Å². The fraction of sp³-hybridized carbons (Fsp3) is 0.188. The first-order chi connectivity index (χ1) is 10.4. The highest BCUT2D eigenvalue weighted by Crippen LogP contribution is 2.37. The summed E-state index contributed by atoms with van der Waals surface area (Å²) < 4.78 is 43.9. The zero-order valence-corrected chi connectivity index (χ0v) is 12.9. The van der Waals surface area contributed by atoms with Gasteiger partial charge in [-0.25, -0.2) is 0 Å². The molecular formula is C16H12BrF3O2. The molecule has 0 heterocycles. The molecule has 2 nitrogen and oxygen atoms in total. The van der Waals surface area contributed by atoms with Gasteiger partial charge in [0.25, 0.3) is 0 Å². The minimum Gasteiger partial charge on any atom is -0.489 e. The maximum atomic E-state index is 12.8. The third-order valence-electron chi connectivity index (χ3n) is 2.99. The molecule has 0 aliphatic heterocycles. The Morgan fingerprint density at radius 3 is 2.41 bits per heavy atom. The molecule has 1 unspecified atom stereocenters. The summed E-state index contributed by atoms with van der Waals surface area (Å²) in [6, 6.07) is 12.3. The second-order valence-corrected chi connectivity index (χ2v) is 5.55. The van der Waals surface area contributed by atoms with Crippen LogP contribution in [0.2, 0.25) is 0 Å². The van der Waals surface area contributed by atoms with E-state index in [1.807, 2.05) is 30.3 Å². The van der Waals surface area contributed by atoms with Crippen LogP contribution in [-0.4, -0.2) is 6.29 Å². The molecule has 0 saturated heterocycles. The lowest BCUT2D eigenvalue weighted by molar-refractivity contribution is -0.137. The summed E-state index contributed by atoms with van der Waals surface area (Å²) in [5, 5.41) is 0. The van der Waals surface area contributed by atoms with Gasteiger partial charge in [0.15, 0.2) is 0 Å². The fourth-order valence-electron chi connectivity index (χ4n) is 1.88. The number of hydrogen-bond acceptors (Lipinski definition) is 2. The van der Waals surface area contributed by atoms with E-state index in [4.69, 9.17) is 4.74 Å². The van der Waals surface area contributed by atoms with E-state index in [0.717, 1.165) is 17.7 Å². The van der Waals surface area contributed by atoms with Crippen molar-refractivity contribution in [1.29, 1.82) is 0 Å². The quantitative estimate of drug-likeness (QED) is 0.550. The molecule has 0 aliphatic rings. The van der Waals surface area contributed by atoms with Crippen LogP contribution in [0.1, 0.15) is 21.5 Å². The van der Waals surface area contributed by atoms with Gasteiger partial charge in [0.05, 0.1) is 10.4 Å². The number of hydrogen-bond donors (Lipinski definition) is 0. The topological polar surface area (TPSA) is 26.3 Å². The van der Waals surface area contributed by atoms with Crippen molar-refractivity contribution >= 4 is 22.2 Å². The standard InChI is InChI=1S/C16H12BrF3O2/c17-14(9-21)13-8-12(16(18,19)20)6-7-15(13)22-10-11-4-2-1-3-5-11/h1-9,14H,10H2. The van der Waals surface area contributed by atoms with Gasteiger partial charge in [-0.3, -0.25) is 0 Å². The number of halogens is 4. The Labute approximate surface area is 134 Å². The molecule has 6 heteroatoms. The van der Waals surface area contributed by atoms with Crippen LogP contribution in [0, 0.1) is 0 Å². The average Bonchev–Trinajstić information content (AvgIpc) is 2.52. The van der Waals surface area contributed by atoms with Gasteiger partial charge in [0.2, 0.25) is 0 Å². The Bertz CT molecular complexity index is 642. The van der Waals surface area contributed by atoms with Gasteiger partial charge >= 0.3 is 6.18 Å². The first-order valence-corrected chi connectivity index (χ1v) is 7.30. The van der Waals surface area contributed by atoms with Crippen molar-refractivity contribution in [3.05, 3.63) is 65.2 Å². The molecular weight excluding hydrogens is 361 g/mol. The zero-order valence-electron chi connectivity index (χ0n) is 11.3. The smallest absolute Gasteiger partial charge is 0.416 e. The molecule has 0 aliphatic carbocycles. The summed E-state index contributed by atoms with van der Waals surface area (Å²) in [6.07, 6.45) is -3.95. The molecule has 0 N–H and O–H groups in total. The summed E-state index contributed by atoms with van der Waals surface area (Å²) >= 11 is 3.05. The van der Waals surface area contributed by atoms with Crippen molar-refractivity contribution < 1.29 is 22.7 Å². The minimum atomic E-state index is -4.47. The van der Waals surface area contributed by atoms with Gasteiger partial charge in [-0.2, -0.15) is 13.2 Å². The Morgan fingerprint density at radius 2 is 1.82 bits per heavy atom. The van der Waals surface area contributed by atoms with E-state index in [0.29, 0.717) is 6.29 Å². The molecule has 116 valence electrons. The second-order valence-electron chi connectivity index (χ2n) is 4.56. The number of ether oxygens (including phenoxy) is 1. The molecule has 1 atom stereocenters. The van der Waals surface area contributed by atoms with Crippen molar-refractivity contribution in [3.8, 4) is 5.75 Å². The molecule has 0 amide bonds. The van der Waals surface area contributed by atoms with Crippen LogP contribution in [0.5, 0.6) is 5.75 Å². The maximum Gasteiger partial charge on any atom is 0.416 e. The number of alkyl halides is 4. The van der Waals surface area contributed by atoms with E-state index in [1.54, 1.807) is 0 Å². The van der Waals surface area contributed by atoms with E-state index in [9.17, 15) is 18.0 Å². The molecule has 0 saturated carbocycles. The first-order valence-electron chi connectivity index (χ1n) is 6.39. The molecule has 22 heavy (non-hydrogen) atoms. The number of carbonyl (C=O) groups excluding carboxylic acids is 1. The van der Waals surface area contributed by atoms with E-state index < -0.39 is 16.6 Å². The monoisotopic (exact) mass is 372 g/mol. The SMILES string of the molecule is O=CC(Br)c1cc(C(F)(F)F)ccc1OCc1ccccc1. The van der Waals surface area contributed by atoms with Crippen molar-refractivity contribution in [2.24, 2.45) is 0 Å². The predicted molar refractivity (Wildman–Crippen MR) is 80.0 cm³/mol. The van der Waals surface area contributed by atoms with Gasteiger partial charge in [-0.1, -0.05) is 46.3 Å². The summed E-state index contributed by atoms with van der Waals surface area (Å²) in [5.41, 5.74) is 0.215. The molecule has 0 spiro atoms. The number of aldehydes is 1. The number of benzene rings is 2. The highest BCUT2D eigenvalue weighted by atomic mass is 79.9. The lowest BCUT2D eigenvalue weighted by Crippen LogP contribution is -2.08. The fourth-order valence-corrected chi connectivity index (χ4v) is 2.24. The molecule has 2 aromatic rings. The highest BCUT2D eigenvalue weighted by Gasteiger charge is 2.32. The van der Waals surface area contributed by atoms with Crippen LogP contribution in [0.15, 0.2) is 48.5 Å². The second kappa shape index (κ2) is 6.96. The maximum absolute atomic E-state index is 12.8. The number of rotatable bonds is 5. The Balaban J connectivity index is 2.28. The summed E-state index contributed by atoms with van der Waals surface area (Å²) in [4.78, 5) is 10.0. The van der Waals surface area contributed by atoms with Gasteiger partial charge in [-0.05, 0) is 23.8 Å². The van der Waals surface area contributed by atoms with Crippen molar-refractivity contribution in [3.63, 3.8) is 0 Å². The van der Waals surface area contributed by atoms with Gasteiger partial charge in [-0.15, -0.1) is 0 Å². The molecule has 0 radical (unpaired) electrons. The van der Waals surface area contributed by atoms with Crippen LogP contribution in [-0.2, 0) is 17.6 Å². The third-order valence-corrected chi connectivity index (χ3v) is 3.70. The van der Waals surface area contributed by atoms with Crippen molar-refractivity contribution in [1.82, 2.24) is 0 Å². The lowest BCUT2D eigenvalue weighted by atomic mass is 10.1. The van der Waals surface area contributed by atoms with Crippen LogP contribution in [0.25, 0.3) is 0 Å². The number of carbonyl (C=O) groups is 1. The van der Waals surface area contributed by atoms with E-state index in [2.05, 4.69) is 15.9 Å². The van der Waals surface area contributed by atoms with Crippen molar-refractivity contribution in [2.75, 3.05) is 0 Å². The first kappa shape index (κ1) is 16.5. The van der Waals surface area contributed by atoms with Gasteiger partial charge in [0.1, 0.15) is 18.6 Å². The Morgan fingerprint density at radius 1 is 1.14 bits per heavy atom. The van der Waals surface area contributed by atoms with E-state index in [1.165, 1.54) is 6.07 Å². The van der Waals surface area contributed by atoms with Crippen LogP contribution >= 0.6 is 15.9 Å². The third kappa shape index (κ3) is 4.10. The molecule has 0 fully saturated rings. The zero-order chi connectivity index (χ0) is 16.2. The predicted octanol–water partition coefficient (Wildman–Crippen LogP) is 4.92. The van der Waals surface area contributed by atoms with Crippen LogP contribution in [0.3, 0.4) is 0 Å². The Kier molecular flexibility index (Phi) is 5.24. The van der Waals surface area contributed by atoms with E-state index in [-0.39, 0.29) is 17.9 Å². The normalized spacial score (nSPS) is 12.7. The summed E-state index contributed by atoms with van der Waals surface area (Å²) in [7, 11) is 0. The average molecular weight is 373 g/mol. The van der Waals surface area contributed by atoms with Crippen LogP contribution in [0.4, 0.5) is 13.2 Å². The lowest BCUT2D eigenvalue weighted by Gasteiger charge is -2.15. The van der Waals surface area contributed by atoms with Crippen LogP contribution < -0.4 is 4.74 Å². The molecule has 2 rings (SSSR count). The summed E-state index contributed by atoms with van der Waals surface area (Å²) in [5.74, 6) is 0.242. The Hall–Kier alpha value is -1.82. The van der Waals surface area contributed by atoms with Gasteiger partial charge in [0, 0.05) is 5.56 Å². The minimum absolute atomic E-state index is 0.153. The van der Waals surface area contributed by atoms with Gasteiger partial charge < -0.3 is 9.53 Å². The molecule has 2 aromatic carbocycles.